The van der Waals surface area contributed by atoms with Gasteiger partial charge in [-0.1, -0.05) is 30.3 Å². The fraction of sp³-hybridized carbons (Fsp3) is 0.385. The summed E-state index contributed by atoms with van der Waals surface area (Å²) in [4.78, 5) is 30.2. The smallest absolute Gasteiger partial charge is 0.338 e. The summed E-state index contributed by atoms with van der Waals surface area (Å²) < 4.78 is 10.6. The lowest BCUT2D eigenvalue weighted by molar-refractivity contribution is -0.139. The van der Waals surface area contributed by atoms with Crippen LogP contribution in [0.2, 0.25) is 0 Å². The molecule has 8 heteroatoms. The van der Waals surface area contributed by atoms with Crippen molar-refractivity contribution in [2.75, 3.05) is 51.3 Å². The molecule has 8 nitrogen and oxygen atoms in total. The van der Waals surface area contributed by atoms with Gasteiger partial charge in [-0.25, -0.2) is 9.59 Å². The van der Waals surface area contributed by atoms with E-state index in [0.29, 0.717) is 23.6 Å². The van der Waals surface area contributed by atoms with E-state index >= 15 is 0 Å². The summed E-state index contributed by atoms with van der Waals surface area (Å²) in [5.41, 5.74) is 4.33. The van der Waals surface area contributed by atoms with Crippen molar-refractivity contribution < 1.29 is 19.1 Å². The maximum absolute atomic E-state index is 13.0. The molecule has 0 unspecified atom stereocenters. The van der Waals surface area contributed by atoms with Crippen molar-refractivity contribution in [1.29, 1.82) is 0 Å². The lowest BCUT2D eigenvalue weighted by Crippen LogP contribution is -2.52. The van der Waals surface area contributed by atoms with Crippen molar-refractivity contribution >= 4 is 17.7 Å². The number of nitrogens with one attached hydrogen (secondary N) is 2. The van der Waals surface area contributed by atoms with Gasteiger partial charge in [0.05, 0.1) is 25.3 Å². The molecule has 0 radical (unpaired) electrons. The number of piperazine rings is 1. The van der Waals surface area contributed by atoms with E-state index in [-0.39, 0.29) is 12.6 Å². The van der Waals surface area contributed by atoms with Crippen molar-refractivity contribution in [3.8, 4) is 5.75 Å². The van der Waals surface area contributed by atoms with Crippen molar-refractivity contribution in [1.82, 2.24) is 15.5 Å². The molecule has 4 rings (SSSR count). The largest absolute Gasteiger partial charge is 0.497 e. The third kappa shape index (κ3) is 5.17. The number of anilines is 1. The number of esters is 1. The minimum absolute atomic E-state index is 0.258. The monoisotopic (exact) mass is 464 g/mol. The molecular weight excluding hydrogens is 432 g/mol. The lowest BCUT2D eigenvalue weighted by atomic mass is 9.94. The van der Waals surface area contributed by atoms with Gasteiger partial charge >= 0.3 is 12.0 Å². The van der Waals surface area contributed by atoms with Crippen LogP contribution in [-0.4, -0.2) is 63.3 Å². The quantitative estimate of drug-likeness (QED) is 0.613. The van der Waals surface area contributed by atoms with E-state index in [1.54, 1.807) is 14.0 Å². The molecule has 2 aromatic carbocycles. The summed E-state index contributed by atoms with van der Waals surface area (Å²) in [6, 6.07) is 14.8. The van der Waals surface area contributed by atoms with Gasteiger partial charge < -0.3 is 25.0 Å². The normalized spacial score (nSPS) is 18.9. The number of rotatable bonds is 7. The number of hydrogen-bond donors (Lipinski definition) is 2. The van der Waals surface area contributed by atoms with Gasteiger partial charge in [-0.2, -0.15) is 0 Å². The van der Waals surface area contributed by atoms with E-state index in [1.165, 1.54) is 11.3 Å². The summed E-state index contributed by atoms with van der Waals surface area (Å²) in [6.07, 6.45) is 0. The second-order valence-corrected chi connectivity index (χ2v) is 8.47. The first-order valence-corrected chi connectivity index (χ1v) is 11.6. The summed E-state index contributed by atoms with van der Waals surface area (Å²) in [5.74, 6) is 0.279. The summed E-state index contributed by atoms with van der Waals surface area (Å²) in [7, 11) is 1.60. The number of hydrogen-bond acceptors (Lipinski definition) is 6. The SMILES string of the molecule is CCOC(=O)C1=C(CN2CCN(c3ccccc3C)CC2)NC(=O)N[C@H]1c1ccc(OC)cc1. The molecule has 2 N–H and O–H groups in total. The van der Waals surface area contributed by atoms with Crippen LogP contribution in [0.5, 0.6) is 5.75 Å². The fourth-order valence-corrected chi connectivity index (χ4v) is 4.53. The third-order valence-electron chi connectivity index (χ3n) is 6.31. The Bertz CT molecular complexity index is 1060. The molecule has 2 aliphatic heterocycles. The molecule has 2 amide bonds. The Labute approximate surface area is 200 Å². The number of amides is 2. The Morgan fingerprint density at radius 3 is 2.41 bits per heavy atom. The number of benzene rings is 2. The second-order valence-electron chi connectivity index (χ2n) is 8.47. The zero-order chi connectivity index (χ0) is 24.1. The highest BCUT2D eigenvalue weighted by molar-refractivity contribution is 5.95. The maximum Gasteiger partial charge on any atom is 0.338 e. The summed E-state index contributed by atoms with van der Waals surface area (Å²) >= 11 is 0. The molecule has 0 bridgehead atoms. The molecule has 0 saturated carbocycles. The summed E-state index contributed by atoms with van der Waals surface area (Å²) in [5, 5.41) is 5.76. The van der Waals surface area contributed by atoms with Crippen LogP contribution in [0.15, 0.2) is 59.8 Å². The van der Waals surface area contributed by atoms with Crippen LogP contribution < -0.4 is 20.3 Å². The highest BCUT2D eigenvalue weighted by atomic mass is 16.5. The molecule has 34 heavy (non-hydrogen) atoms. The van der Waals surface area contributed by atoms with Crippen molar-refractivity contribution in [3.05, 3.63) is 70.9 Å². The van der Waals surface area contributed by atoms with Crippen LogP contribution >= 0.6 is 0 Å². The number of carbonyl (C=O) groups is 2. The van der Waals surface area contributed by atoms with Gasteiger partial charge in [-0.15, -0.1) is 0 Å². The zero-order valence-electron chi connectivity index (χ0n) is 20.0. The Morgan fingerprint density at radius 2 is 1.76 bits per heavy atom. The molecule has 180 valence electrons. The number of aryl methyl sites for hydroxylation is 1. The minimum atomic E-state index is -0.595. The van der Waals surface area contributed by atoms with Gasteiger partial charge in [0.15, 0.2) is 0 Å². The molecule has 1 fully saturated rings. The Balaban J connectivity index is 1.56. The standard InChI is InChI=1S/C26H32N4O4/c1-4-34-25(31)23-21(27-26(32)28-24(23)19-9-11-20(33-3)12-10-19)17-29-13-15-30(16-14-29)22-8-6-5-7-18(22)2/h5-12,24H,4,13-17H2,1-3H3,(H2,27,28,32)/t24-/m0/s1. The first-order chi connectivity index (χ1) is 16.5. The molecule has 2 heterocycles. The average molecular weight is 465 g/mol. The van der Waals surface area contributed by atoms with Gasteiger partial charge in [0.1, 0.15) is 5.75 Å². The van der Waals surface area contributed by atoms with Gasteiger partial charge in [-0.3, -0.25) is 4.90 Å². The van der Waals surface area contributed by atoms with Crippen LogP contribution in [0.3, 0.4) is 0 Å². The molecule has 1 atom stereocenters. The van der Waals surface area contributed by atoms with Gasteiger partial charge in [0.2, 0.25) is 0 Å². The number of para-hydroxylation sites is 1. The Morgan fingerprint density at radius 1 is 1.06 bits per heavy atom. The van der Waals surface area contributed by atoms with E-state index < -0.39 is 12.0 Å². The van der Waals surface area contributed by atoms with Crippen LogP contribution in [0.25, 0.3) is 0 Å². The van der Waals surface area contributed by atoms with Crippen LogP contribution in [0, 0.1) is 6.92 Å². The zero-order valence-corrected chi connectivity index (χ0v) is 20.0. The first-order valence-electron chi connectivity index (χ1n) is 11.6. The first kappa shape index (κ1) is 23.6. The van der Waals surface area contributed by atoms with Crippen molar-refractivity contribution in [3.63, 3.8) is 0 Å². The van der Waals surface area contributed by atoms with E-state index in [9.17, 15) is 9.59 Å². The third-order valence-corrected chi connectivity index (χ3v) is 6.31. The van der Waals surface area contributed by atoms with Crippen LogP contribution in [0.1, 0.15) is 24.1 Å². The number of ether oxygens (including phenoxy) is 2. The van der Waals surface area contributed by atoms with Crippen molar-refractivity contribution in [2.45, 2.75) is 19.9 Å². The maximum atomic E-state index is 13.0. The fourth-order valence-electron chi connectivity index (χ4n) is 4.53. The number of methoxy groups -OCH3 is 1. The molecule has 2 aromatic rings. The van der Waals surface area contributed by atoms with Gasteiger partial charge in [0, 0.05) is 44.1 Å². The molecule has 0 aromatic heterocycles. The molecule has 0 aliphatic carbocycles. The summed E-state index contributed by atoms with van der Waals surface area (Å²) in [6.45, 7) is 8.03. The number of carbonyl (C=O) groups excluding carboxylic acids is 2. The lowest BCUT2D eigenvalue weighted by Gasteiger charge is -2.38. The van der Waals surface area contributed by atoms with Crippen LogP contribution in [-0.2, 0) is 9.53 Å². The van der Waals surface area contributed by atoms with Crippen molar-refractivity contribution in [2.24, 2.45) is 0 Å². The van der Waals surface area contributed by atoms with E-state index in [2.05, 4.69) is 51.6 Å². The number of nitrogens with zero attached hydrogens (tertiary/aromatic N) is 2. The Hall–Kier alpha value is -3.52. The van der Waals surface area contributed by atoms with E-state index in [1.807, 2.05) is 24.3 Å². The minimum Gasteiger partial charge on any atom is -0.497 e. The van der Waals surface area contributed by atoms with Crippen LogP contribution in [0.4, 0.5) is 10.5 Å². The topological polar surface area (TPSA) is 83.1 Å². The van der Waals surface area contributed by atoms with E-state index in [0.717, 1.165) is 31.7 Å². The molecular formula is C26H32N4O4. The van der Waals surface area contributed by atoms with E-state index in [4.69, 9.17) is 9.47 Å². The highest BCUT2D eigenvalue weighted by Gasteiger charge is 2.34. The second kappa shape index (κ2) is 10.6. The number of urea groups is 1. The molecule has 2 aliphatic rings. The predicted molar refractivity (Wildman–Crippen MR) is 131 cm³/mol. The van der Waals surface area contributed by atoms with Gasteiger partial charge in [-0.05, 0) is 43.2 Å². The van der Waals surface area contributed by atoms with Gasteiger partial charge in [0.25, 0.3) is 0 Å². The molecule has 1 saturated heterocycles. The predicted octanol–water partition coefficient (Wildman–Crippen LogP) is 3.00. The average Bonchev–Trinajstić information content (AvgIpc) is 2.85. The molecule has 0 spiro atoms. The highest BCUT2D eigenvalue weighted by Crippen LogP contribution is 2.30. The Kier molecular flexibility index (Phi) is 7.37.